The third-order valence-corrected chi connectivity index (χ3v) is 9.21. The Morgan fingerprint density at radius 1 is 0.735 bits per heavy atom. The molecule has 4 aromatic rings. The fourth-order valence-electron chi connectivity index (χ4n) is 4.02. The summed E-state index contributed by atoms with van der Waals surface area (Å²) in [5.74, 6) is 1.19. The Bertz CT molecular complexity index is 1320. The third-order valence-electron chi connectivity index (χ3n) is 5.92. The highest BCUT2D eigenvalue weighted by Crippen LogP contribution is 2.39. The first-order chi connectivity index (χ1) is 16.4. The summed E-state index contributed by atoms with van der Waals surface area (Å²) in [5.41, 5.74) is 0. The van der Waals surface area contributed by atoms with Crippen molar-refractivity contribution >= 4 is 77.9 Å². The number of methoxy groups -OCH3 is 2. The number of hydrogen-bond donors (Lipinski definition) is 0. The molecule has 2 aromatic carbocycles. The Labute approximate surface area is 214 Å². The van der Waals surface area contributed by atoms with E-state index in [1.165, 1.54) is 22.7 Å². The van der Waals surface area contributed by atoms with Crippen LogP contribution in [-0.4, -0.2) is 62.0 Å². The number of halogens is 2. The molecule has 0 aliphatic carbocycles. The fourth-order valence-corrected chi connectivity index (χ4v) is 7.04. The minimum Gasteiger partial charge on any atom is -0.497 e. The zero-order chi connectivity index (χ0) is 24.0. The molecular weight excluding hydrogens is 515 g/mol. The van der Waals surface area contributed by atoms with Gasteiger partial charge in [-0.3, -0.25) is 9.59 Å². The molecule has 2 amide bonds. The molecule has 1 fully saturated rings. The Hall–Kier alpha value is -2.52. The van der Waals surface area contributed by atoms with Crippen LogP contribution in [0.3, 0.4) is 0 Å². The van der Waals surface area contributed by atoms with Crippen LogP contribution >= 0.6 is 45.9 Å². The van der Waals surface area contributed by atoms with Gasteiger partial charge >= 0.3 is 0 Å². The van der Waals surface area contributed by atoms with E-state index in [1.54, 1.807) is 24.0 Å². The van der Waals surface area contributed by atoms with Gasteiger partial charge in [-0.25, -0.2) is 0 Å². The van der Waals surface area contributed by atoms with Crippen molar-refractivity contribution in [3.05, 3.63) is 56.2 Å². The van der Waals surface area contributed by atoms with Crippen molar-refractivity contribution in [3.63, 3.8) is 0 Å². The van der Waals surface area contributed by atoms with Crippen molar-refractivity contribution in [1.29, 1.82) is 0 Å². The van der Waals surface area contributed by atoms with Gasteiger partial charge < -0.3 is 19.3 Å². The average Bonchev–Trinajstić information content (AvgIpc) is 3.38. The second-order valence-corrected chi connectivity index (χ2v) is 10.7. The van der Waals surface area contributed by atoms with Crippen LogP contribution in [0.15, 0.2) is 36.4 Å². The van der Waals surface area contributed by atoms with Crippen LogP contribution in [0, 0.1) is 0 Å². The van der Waals surface area contributed by atoms with E-state index in [-0.39, 0.29) is 11.8 Å². The Balaban J connectivity index is 1.31. The molecule has 10 heteroatoms. The highest BCUT2D eigenvalue weighted by molar-refractivity contribution is 7.22. The van der Waals surface area contributed by atoms with E-state index < -0.39 is 0 Å². The number of nitrogens with zero attached hydrogens (tertiary/aromatic N) is 2. The normalized spacial score (nSPS) is 14.1. The summed E-state index contributed by atoms with van der Waals surface area (Å²) >= 11 is 15.8. The lowest BCUT2D eigenvalue weighted by Gasteiger charge is -2.34. The Kier molecular flexibility index (Phi) is 6.33. The number of hydrogen-bond acceptors (Lipinski definition) is 6. The summed E-state index contributed by atoms with van der Waals surface area (Å²) in [7, 11) is 3.21. The molecule has 5 rings (SSSR count). The molecule has 0 radical (unpaired) electrons. The fraction of sp³-hybridized carbons (Fsp3) is 0.250. The first kappa shape index (κ1) is 23.2. The predicted octanol–water partition coefficient (Wildman–Crippen LogP) is 6.04. The zero-order valence-corrected chi connectivity index (χ0v) is 21.5. The SMILES string of the molecule is COc1ccc2c(Cl)c(C(=O)N3CCN(C(=O)c4sc5cc(OC)ccc5c4Cl)CC3)sc2c1. The van der Waals surface area contributed by atoms with Gasteiger partial charge in [-0.05, 0) is 36.4 Å². The average molecular weight is 535 g/mol. The number of ether oxygens (including phenoxy) is 2. The highest BCUT2D eigenvalue weighted by Gasteiger charge is 2.30. The molecule has 0 spiro atoms. The van der Waals surface area contributed by atoms with Crippen LogP contribution in [-0.2, 0) is 0 Å². The lowest BCUT2D eigenvalue weighted by molar-refractivity contribution is 0.0541. The van der Waals surface area contributed by atoms with Crippen LogP contribution in [0.25, 0.3) is 20.2 Å². The third kappa shape index (κ3) is 3.98. The van der Waals surface area contributed by atoms with Crippen LogP contribution < -0.4 is 9.47 Å². The number of amides is 2. The number of thiophene rings is 2. The second kappa shape index (κ2) is 9.26. The molecular formula is C24H20Cl2N2O4S2. The molecule has 1 aliphatic heterocycles. The predicted molar refractivity (Wildman–Crippen MR) is 139 cm³/mol. The van der Waals surface area contributed by atoms with E-state index in [4.69, 9.17) is 32.7 Å². The largest absolute Gasteiger partial charge is 0.497 e. The number of fused-ring (bicyclic) bond motifs is 2. The number of carbonyl (C=O) groups is 2. The van der Waals surface area contributed by atoms with Gasteiger partial charge in [0.25, 0.3) is 11.8 Å². The van der Waals surface area contributed by atoms with Crippen molar-refractivity contribution in [2.24, 2.45) is 0 Å². The summed E-state index contributed by atoms with van der Waals surface area (Å²) in [6.45, 7) is 1.70. The van der Waals surface area contributed by atoms with E-state index in [2.05, 4.69) is 0 Å². The van der Waals surface area contributed by atoms with Gasteiger partial charge in [0.05, 0.1) is 24.3 Å². The number of rotatable bonds is 4. The maximum absolute atomic E-state index is 13.2. The molecule has 34 heavy (non-hydrogen) atoms. The minimum absolute atomic E-state index is 0.121. The molecule has 3 heterocycles. The van der Waals surface area contributed by atoms with E-state index in [9.17, 15) is 9.59 Å². The van der Waals surface area contributed by atoms with Crippen LogP contribution in [0.2, 0.25) is 10.0 Å². The maximum Gasteiger partial charge on any atom is 0.265 e. The molecule has 0 unspecified atom stereocenters. The Morgan fingerprint density at radius 2 is 1.12 bits per heavy atom. The van der Waals surface area contributed by atoms with Gasteiger partial charge in [0.1, 0.15) is 21.3 Å². The number of carbonyl (C=O) groups excluding carboxylic acids is 2. The van der Waals surface area contributed by atoms with E-state index in [0.29, 0.717) is 46.0 Å². The molecule has 0 saturated carbocycles. The van der Waals surface area contributed by atoms with Gasteiger partial charge in [-0.1, -0.05) is 23.2 Å². The van der Waals surface area contributed by atoms with Crippen molar-refractivity contribution in [2.75, 3.05) is 40.4 Å². The van der Waals surface area contributed by atoms with Crippen molar-refractivity contribution < 1.29 is 19.1 Å². The monoisotopic (exact) mass is 534 g/mol. The van der Waals surface area contributed by atoms with Crippen molar-refractivity contribution in [3.8, 4) is 11.5 Å². The lowest BCUT2D eigenvalue weighted by Crippen LogP contribution is -2.50. The lowest BCUT2D eigenvalue weighted by atomic mass is 10.2. The van der Waals surface area contributed by atoms with Gasteiger partial charge in [0, 0.05) is 46.4 Å². The van der Waals surface area contributed by atoms with Crippen LogP contribution in [0.1, 0.15) is 19.3 Å². The first-order valence-electron chi connectivity index (χ1n) is 10.5. The highest BCUT2D eigenvalue weighted by atomic mass is 35.5. The maximum atomic E-state index is 13.2. The molecule has 2 aromatic heterocycles. The molecule has 1 aliphatic rings. The Morgan fingerprint density at radius 3 is 1.47 bits per heavy atom. The van der Waals surface area contributed by atoms with Crippen molar-refractivity contribution in [2.45, 2.75) is 0 Å². The van der Waals surface area contributed by atoms with Gasteiger partial charge in [-0.15, -0.1) is 22.7 Å². The topological polar surface area (TPSA) is 59.1 Å². The van der Waals surface area contributed by atoms with Crippen LogP contribution in [0.4, 0.5) is 0 Å². The van der Waals surface area contributed by atoms with Gasteiger partial charge in [-0.2, -0.15) is 0 Å². The summed E-state index contributed by atoms with van der Waals surface area (Å²) in [5, 5.41) is 2.58. The quantitative estimate of drug-likeness (QED) is 0.320. The number of piperazine rings is 1. The summed E-state index contributed by atoms with van der Waals surface area (Å²) < 4.78 is 12.3. The van der Waals surface area contributed by atoms with E-state index >= 15 is 0 Å². The number of benzene rings is 2. The first-order valence-corrected chi connectivity index (χ1v) is 12.9. The summed E-state index contributed by atoms with van der Waals surface area (Å²) in [4.78, 5) is 30.9. The molecule has 0 atom stereocenters. The van der Waals surface area contributed by atoms with Crippen molar-refractivity contribution in [1.82, 2.24) is 9.80 Å². The molecule has 1 saturated heterocycles. The molecule has 176 valence electrons. The van der Waals surface area contributed by atoms with Gasteiger partial charge in [0.15, 0.2) is 0 Å². The zero-order valence-electron chi connectivity index (χ0n) is 18.4. The van der Waals surface area contributed by atoms with E-state index in [1.807, 2.05) is 36.4 Å². The van der Waals surface area contributed by atoms with E-state index in [0.717, 1.165) is 31.7 Å². The second-order valence-electron chi connectivity index (χ2n) is 7.80. The summed E-state index contributed by atoms with van der Waals surface area (Å²) in [6.07, 6.45) is 0. The minimum atomic E-state index is -0.121. The van der Waals surface area contributed by atoms with Crippen LogP contribution in [0.5, 0.6) is 11.5 Å². The van der Waals surface area contributed by atoms with Gasteiger partial charge in [0.2, 0.25) is 0 Å². The molecule has 0 N–H and O–H groups in total. The molecule has 0 bridgehead atoms. The smallest absolute Gasteiger partial charge is 0.265 e. The molecule has 6 nitrogen and oxygen atoms in total. The standard InChI is InChI=1S/C24H20Cl2N2O4S2/c1-31-13-3-5-15-17(11-13)33-21(19(15)25)23(29)27-7-9-28(10-8-27)24(30)22-20(26)16-6-4-14(32-2)12-18(16)34-22/h3-6,11-12H,7-10H2,1-2H3. The summed E-state index contributed by atoms with van der Waals surface area (Å²) in [6, 6.07) is 11.1.